The molecular weight excluding hydrogens is 352 g/mol. The molecule has 138 valence electrons. The Kier molecular flexibility index (Phi) is 4.43. The van der Waals surface area contributed by atoms with Gasteiger partial charge in [0.25, 0.3) is 5.69 Å². The quantitative estimate of drug-likeness (QED) is 0.483. The second-order valence-electron chi connectivity index (χ2n) is 6.18. The molecule has 1 aromatic heterocycles. The highest BCUT2D eigenvalue weighted by Crippen LogP contribution is 2.32. The minimum atomic E-state index is -0.448. The van der Waals surface area contributed by atoms with Crippen molar-refractivity contribution in [1.29, 1.82) is 0 Å². The molecule has 2 aromatic carbocycles. The zero-order valence-electron chi connectivity index (χ0n) is 14.5. The number of rotatable bonds is 6. The van der Waals surface area contributed by atoms with E-state index in [9.17, 15) is 10.1 Å². The highest BCUT2D eigenvalue weighted by molar-refractivity contribution is 5.56. The Hall–Kier alpha value is -3.46. The molecule has 0 atom stereocenters. The average molecular weight is 368 g/mol. The smallest absolute Gasteiger partial charge is 0.269 e. The molecule has 0 saturated heterocycles. The summed E-state index contributed by atoms with van der Waals surface area (Å²) in [5.41, 5.74) is 1.76. The van der Waals surface area contributed by atoms with Crippen molar-refractivity contribution in [2.45, 2.75) is 13.1 Å². The summed E-state index contributed by atoms with van der Waals surface area (Å²) in [5, 5.41) is 14.7. The zero-order chi connectivity index (χ0) is 18.8. The average Bonchev–Trinajstić information content (AvgIpc) is 3.30. The predicted molar refractivity (Wildman–Crippen MR) is 94.1 cm³/mol. The van der Waals surface area contributed by atoms with Crippen LogP contribution in [0.1, 0.15) is 11.5 Å². The molecule has 1 aliphatic heterocycles. The van der Waals surface area contributed by atoms with Gasteiger partial charge in [0.2, 0.25) is 18.5 Å². The monoisotopic (exact) mass is 368 g/mol. The molecule has 2 heterocycles. The maximum Gasteiger partial charge on any atom is 0.269 e. The van der Waals surface area contributed by atoms with Gasteiger partial charge in [0, 0.05) is 24.2 Å². The van der Waals surface area contributed by atoms with E-state index in [2.05, 4.69) is 10.1 Å². The topological polar surface area (TPSA) is 104 Å². The van der Waals surface area contributed by atoms with Crippen molar-refractivity contribution in [3.8, 4) is 22.9 Å². The summed E-state index contributed by atoms with van der Waals surface area (Å²) in [7, 11) is 1.94. The molecule has 4 rings (SSSR count). The second kappa shape index (κ2) is 7.04. The van der Waals surface area contributed by atoms with Gasteiger partial charge in [0.05, 0.1) is 11.5 Å². The number of benzene rings is 2. The van der Waals surface area contributed by atoms with Crippen LogP contribution in [0.25, 0.3) is 11.4 Å². The van der Waals surface area contributed by atoms with Crippen LogP contribution in [0.5, 0.6) is 11.5 Å². The molecule has 0 N–H and O–H groups in total. The Morgan fingerprint density at radius 3 is 2.67 bits per heavy atom. The molecule has 0 fully saturated rings. The van der Waals surface area contributed by atoms with Gasteiger partial charge in [-0.3, -0.25) is 15.0 Å². The summed E-state index contributed by atoms with van der Waals surface area (Å²) < 4.78 is 16.0. The van der Waals surface area contributed by atoms with E-state index in [1.54, 1.807) is 12.1 Å². The standard InChI is InChI=1S/C18H16N4O5/c1-21(9-12-2-7-15-16(8-12)26-11-25-15)10-17-19-18(20-27-17)13-3-5-14(6-4-13)22(23)24/h2-8H,9-11H2,1H3. The van der Waals surface area contributed by atoms with Gasteiger partial charge in [-0.25, -0.2) is 0 Å². The minimum Gasteiger partial charge on any atom is -0.454 e. The van der Waals surface area contributed by atoms with Gasteiger partial charge in [-0.2, -0.15) is 4.98 Å². The van der Waals surface area contributed by atoms with Crippen LogP contribution < -0.4 is 9.47 Å². The fourth-order valence-corrected chi connectivity index (χ4v) is 2.81. The number of fused-ring (bicyclic) bond motifs is 1. The Morgan fingerprint density at radius 2 is 1.89 bits per heavy atom. The Balaban J connectivity index is 1.40. The van der Waals surface area contributed by atoms with Crippen molar-refractivity contribution in [3.63, 3.8) is 0 Å². The van der Waals surface area contributed by atoms with E-state index in [1.165, 1.54) is 12.1 Å². The van der Waals surface area contributed by atoms with Crippen molar-refractivity contribution >= 4 is 5.69 Å². The SMILES string of the molecule is CN(Cc1ccc2c(c1)OCO2)Cc1nc(-c2ccc([N+](=O)[O-])cc2)no1. The molecule has 1 aliphatic rings. The summed E-state index contributed by atoms with van der Waals surface area (Å²) in [6.45, 7) is 1.39. The highest BCUT2D eigenvalue weighted by atomic mass is 16.7. The van der Waals surface area contributed by atoms with Crippen LogP contribution in [0.2, 0.25) is 0 Å². The van der Waals surface area contributed by atoms with E-state index in [0.717, 1.165) is 17.1 Å². The van der Waals surface area contributed by atoms with Crippen molar-refractivity contribution in [2.75, 3.05) is 13.8 Å². The van der Waals surface area contributed by atoms with Crippen molar-refractivity contribution in [1.82, 2.24) is 15.0 Å². The van der Waals surface area contributed by atoms with Crippen LogP contribution in [0.4, 0.5) is 5.69 Å². The number of non-ortho nitro benzene ring substituents is 1. The molecule has 0 amide bonds. The number of hydrogen-bond acceptors (Lipinski definition) is 8. The third kappa shape index (κ3) is 3.72. The van der Waals surface area contributed by atoms with E-state index in [-0.39, 0.29) is 12.5 Å². The summed E-state index contributed by atoms with van der Waals surface area (Å²) in [6, 6.07) is 11.9. The van der Waals surface area contributed by atoms with Crippen LogP contribution in [-0.2, 0) is 13.1 Å². The first-order valence-electron chi connectivity index (χ1n) is 8.23. The number of nitro groups is 1. The summed E-state index contributed by atoms with van der Waals surface area (Å²) in [5.74, 6) is 2.37. The Labute approximate surface area is 154 Å². The fourth-order valence-electron chi connectivity index (χ4n) is 2.81. The summed E-state index contributed by atoms with van der Waals surface area (Å²) in [4.78, 5) is 16.7. The largest absolute Gasteiger partial charge is 0.454 e. The predicted octanol–water partition coefficient (Wildman–Crippen LogP) is 3.01. The van der Waals surface area contributed by atoms with Crippen molar-refractivity contribution in [3.05, 3.63) is 64.0 Å². The minimum absolute atomic E-state index is 0.0194. The van der Waals surface area contributed by atoms with Crippen LogP contribution in [-0.4, -0.2) is 33.8 Å². The van der Waals surface area contributed by atoms with Gasteiger partial charge in [-0.1, -0.05) is 11.2 Å². The lowest BCUT2D eigenvalue weighted by Gasteiger charge is -2.14. The van der Waals surface area contributed by atoms with Crippen LogP contribution >= 0.6 is 0 Å². The third-order valence-corrected chi connectivity index (χ3v) is 4.10. The van der Waals surface area contributed by atoms with Crippen LogP contribution in [0.3, 0.4) is 0 Å². The lowest BCUT2D eigenvalue weighted by Crippen LogP contribution is -2.17. The van der Waals surface area contributed by atoms with Crippen molar-refractivity contribution < 1.29 is 18.9 Å². The molecule has 9 nitrogen and oxygen atoms in total. The molecule has 0 radical (unpaired) electrons. The normalized spacial score (nSPS) is 12.5. The maximum atomic E-state index is 10.7. The fraction of sp³-hybridized carbons (Fsp3) is 0.222. The zero-order valence-corrected chi connectivity index (χ0v) is 14.5. The Bertz CT molecular complexity index is 970. The van der Waals surface area contributed by atoms with E-state index < -0.39 is 4.92 Å². The molecule has 0 bridgehead atoms. The lowest BCUT2D eigenvalue weighted by atomic mass is 10.2. The molecule has 9 heteroatoms. The molecule has 0 spiro atoms. The summed E-state index contributed by atoms with van der Waals surface area (Å²) >= 11 is 0. The van der Waals surface area contributed by atoms with Crippen molar-refractivity contribution in [2.24, 2.45) is 0 Å². The Morgan fingerprint density at radius 1 is 1.11 bits per heavy atom. The summed E-state index contributed by atoms with van der Waals surface area (Å²) in [6.07, 6.45) is 0. The first kappa shape index (κ1) is 17.0. The van der Waals surface area contributed by atoms with Gasteiger partial charge in [0.1, 0.15) is 0 Å². The maximum absolute atomic E-state index is 10.7. The first-order chi connectivity index (χ1) is 13.1. The number of ether oxygens (including phenoxy) is 2. The van der Waals surface area contributed by atoms with E-state index in [4.69, 9.17) is 14.0 Å². The molecule has 3 aromatic rings. The number of nitro benzene ring substituents is 1. The van der Waals surface area contributed by atoms with Gasteiger partial charge >= 0.3 is 0 Å². The van der Waals surface area contributed by atoms with Gasteiger partial charge < -0.3 is 14.0 Å². The molecule has 0 unspecified atom stereocenters. The van der Waals surface area contributed by atoms with Gasteiger partial charge in [-0.05, 0) is 36.9 Å². The first-order valence-corrected chi connectivity index (χ1v) is 8.23. The number of aromatic nitrogens is 2. The number of hydrogen-bond donors (Lipinski definition) is 0. The van der Waals surface area contributed by atoms with Crippen LogP contribution in [0.15, 0.2) is 47.0 Å². The highest BCUT2D eigenvalue weighted by Gasteiger charge is 2.15. The third-order valence-electron chi connectivity index (χ3n) is 4.10. The van der Waals surface area contributed by atoms with Gasteiger partial charge in [0.15, 0.2) is 11.5 Å². The van der Waals surface area contributed by atoms with E-state index in [1.807, 2.05) is 30.1 Å². The van der Waals surface area contributed by atoms with E-state index in [0.29, 0.717) is 30.4 Å². The number of nitrogens with zero attached hydrogens (tertiary/aromatic N) is 4. The van der Waals surface area contributed by atoms with Crippen LogP contribution in [0, 0.1) is 10.1 Å². The molecule has 0 saturated carbocycles. The lowest BCUT2D eigenvalue weighted by molar-refractivity contribution is -0.384. The molecular formula is C18H16N4O5. The van der Waals surface area contributed by atoms with Gasteiger partial charge in [-0.15, -0.1) is 0 Å². The second-order valence-corrected chi connectivity index (χ2v) is 6.18. The van der Waals surface area contributed by atoms with E-state index >= 15 is 0 Å². The molecule has 0 aliphatic carbocycles. The molecule has 27 heavy (non-hydrogen) atoms.